The van der Waals surface area contributed by atoms with E-state index in [4.69, 9.17) is 10.3 Å². The Bertz CT molecular complexity index is 566. The van der Waals surface area contributed by atoms with Gasteiger partial charge in [-0.15, -0.1) is 0 Å². The summed E-state index contributed by atoms with van der Waals surface area (Å²) in [6, 6.07) is 1.50. The Morgan fingerprint density at radius 3 is 2.20 bits per heavy atom. The standard InChI is InChI=1S/C6H7NO6S2/c7-4-1-3(14(9)10)2-5(6(4)8)15(11,12)13/h1-2,8,14H,7H2,(H,11,12,13). The number of hydrogen-bond acceptors (Lipinski definition) is 6. The molecule has 0 unspecified atom stereocenters. The van der Waals surface area contributed by atoms with Crippen LogP contribution in [-0.4, -0.2) is 26.5 Å². The van der Waals surface area contributed by atoms with E-state index in [2.05, 4.69) is 0 Å². The third kappa shape index (κ3) is 2.37. The molecule has 1 aromatic carbocycles. The van der Waals surface area contributed by atoms with Crippen LogP contribution in [0.1, 0.15) is 0 Å². The summed E-state index contributed by atoms with van der Waals surface area (Å²) in [5.74, 6) is -0.877. The van der Waals surface area contributed by atoms with Crippen molar-refractivity contribution in [1.29, 1.82) is 0 Å². The van der Waals surface area contributed by atoms with Crippen molar-refractivity contribution in [3.8, 4) is 5.75 Å². The normalized spacial score (nSPS) is 11.9. The van der Waals surface area contributed by atoms with Crippen molar-refractivity contribution in [1.82, 2.24) is 0 Å². The van der Waals surface area contributed by atoms with E-state index in [1.165, 1.54) is 0 Å². The summed E-state index contributed by atoms with van der Waals surface area (Å²) >= 11 is 0. The maximum absolute atomic E-state index is 10.7. The first-order valence-corrected chi connectivity index (χ1v) is 6.09. The first-order chi connectivity index (χ1) is 6.73. The molecule has 0 fully saturated rings. The van der Waals surface area contributed by atoms with Crippen LogP contribution in [0.2, 0.25) is 0 Å². The fourth-order valence-corrected chi connectivity index (χ4v) is 2.12. The van der Waals surface area contributed by atoms with Crippen LogP contribution in [0.4, 0.5) is 5.69 Å². The van der Waals surface area contributed by atoms with Gasteiger partial charge in [-0.25, -0.2) is 8.42 Å². The lowest BCUT2D eigenvalue weighted by Crippen LogP contribution is -2.02. The van der Waals surface area contributed by atoms with Gasteiger partial charge in [-0.3, -0.25) is 4.55 Å². The summed E-state index contributed by atoms with van der Waals surface area (Å²) in [5, 5.41) is 9.18. The number of benzene rings is 1. The molecule has 0 aromatic heterocycles. The highest BCUT2D eigenvalue weighted by Gasteiger charge is 2.19. The Morgan fingerprint density at radius 2 is 1.80 bits per heavy atom. The molecule has 0 heterocycles. The van der Waals surface area contributed by atoms with Gasteiger partial charge in [0, 0.05) is 0 Å². The van der Waals surface area contributed by atoms with Gasteiger partial charge in [0.25, 0.3) is 10.1 Å². The number of aromatic hydroxyl groups is 1. The molecule has 0 aliphatic carbocycles. The SMILES string of the molecule is Nc1cc([SH](=O)=O)cc(S(=O)(=O)O)c1O. The van der Waals surface area contributed by atoms with Gasteiger partial charge in [0.1, 0.15) is 4.90 Å². The predicted molar refractivity (Wildman–Crippen MR) is 50.9 cm³/mol. The number of phenols is 1. The van der Waals surface area contributed by atoms with Crippen LogP contribution < -0.4 is 5.73 Å². The highest BCUT2D eigenvalue weighted by atomic mass is 32.2. The Hall–Kier alpha value is -1.32. The van der Waals surface area contributed by atoms with Crippen molar-refractivity contribution in [2.45, 2.75) is 9.79 Å². The van der Waals surface area contributed by atoms with Crippen molar-refractivity contribution in [3.63, 3.8) is 0 Å². The molecule has 0 bridgehead atoms. The third-order valence-electron chi connectivity index (χ3n) is 1.58. The highest BCUT2D eigenvalue weighted by Crippen LogP contribution is 2.30. The summed E-state index contributed by atoms with van der Waals surface area (Å²) in [4.78, 5) is -1.34. The van der Waals surface area contributed by atoms with Crippen molar-refractivity contribution in [2.24, 2.45) is 0 Å². The molecule has 1 aromatic rings. The van der Waals surface area contributed by atoms with Gasteiger partial charge in [0.2, 0.25) is 0 Å². The Morgan fingerprint density at radius 1 is 1.27 bits per heavy atom. The summed E-state index contributed by atoms with van der Waals surface area (Å²) in [6.45, 7) is 0. The molecular formula is C6H7NO6S2. The fraction of sp³-hybridized carbons (Fsp3) is 0. The number of phenolic OH excluding ortho intramolecular Hbond substituents is 1. The van der Waals surface area contributed by atoms with E-state index in [-0.39, 0.29) is 0 Å². The molecule has 84 valence electrons. The van der Waals surface area contributed by atoms with Crippen molar-refractivity contribution < 1.29 is 26.5 Å². The van der Waals surface area contributed by atoms with Crippen molar-refractivity contribution in [3.05, 3.63) is 12.1 Å². The van der Waals surface area contributed by atoms with Crippen LogP contribution in [0.25, 0.3) is 0 Å². The van der Waals surface area contributed by atoms with Crippen LogP contribution in [0.5, 0.6) is 5.75 Å². The maximum Gasteiger partial charge on any atom is 0.298 e. The van der Waals surface area contributed by atoms with Crippen LogP contribution in [-0.2, 0) is 20.8 Å². The lowest BCUT2D eigenvalue weighted by atomic mass is 10.3. The van der Waals surface area contributed by atoms with E-state index >= 15 is 0 Å². The molecule has 7 nitrogen and oxygen atoms in total. The fourth-order valence-electron chi connectivity index (χ4n) is 0.916. The second kappa shape index (κ2) is 3.68. The number of nitrogens with two attached hydrogens (primary N) is 1. The molecule has 0 atom stereocenters. The first kappa shape index (κ1) is 11.8. The molecule has 0 aliphatic rings. The van der Waals surface area contributed by atoms with E-state index in [0.717, 1.165) is 6.07 Å². The molecule has 15 heavy (non-hydrogen) atoms. The zero-order valence-corrected chi connectivity index (χ0v) is 8.83. The van der Waals surface area contributed by atoms with Crippen molar-refractivity contribution >= 4 is 26.5 Å². The van der Waals surface area contributed by atoms with Gasteiger partial charge >= 0.3 is 0 Å². The van der Waals surface area contributed by atoms with E-state index in [0.29, 0.717) is 6.07 Å². The number of rotatable bonds is 2. The monoisotopic (exact) mass is 253 g/mol. The van der Waals surface area contributed by atoms with Crippen LogP contribution in [0, 0.1) is 0 Å². The van der Waals surface area contributed by atoms with E-state index in [1.54, 1.807) is 0 Å². The molecule has 1 rings (SSSR count). The quantitative estimate of drug-likeness (QED) is 0.234. The zero-order valence-electron chi connectivity index (χ0n) is 7.11. The molecule has 0 saturated heterocycles. The average molecular weight is 253 g/mol. The van der Waals surface area contributed by atoms with Gasteiger partial charge in [-0.05, 0) is 12.1 Å². The van der Waals surface area contributed by atoms with Gasteiger partial charge in [0.15, 0.2) is 16.5 Å². The highest BCUT2D eigenvalue weighted by molar-refractivity contribution is 7.86. The molecular weight excluding hydrogens is 246 g/mol. The minimum atomic E-state index is -4.71. The topological polar surface area (TPSA) is 135 Å². The van der Waals surface area contributed by atoms with Gasteiger partial charge in [-0.2, -0.15) is 8.42 Å². The average Bonchev–Trinajstić information content (AvgIpc) is 2.06. The molecule has 0 spiro atoms. The van der Waals surface area contributed by atoms with E-state index in [1.807, 2.05) is 0 Å². The smallest absolute Gasteiger partial charge is 0.298 e. The third-order valence-corrected chi connectivity index (χ3v) is 3.12. The minimum absolute atomic E-state index is 0.409. The van der Waals surface area contributed by atoms with E-state index < -0.39 is 42.1 Å². The van der Waals surface area contributed by atoms with Crippen LogP contribution in [0.3, 0.4) is 0 Å². The lowest BCUT2D eigenvalue weighted by Gasteiger charge is -2.04. The van der Waals surface area contributed by atoms with Gasteiger partial charge in [0.05, 0.1) is 10.6 Å². The summed E-state index contributed by atoms with van der Waals surface area (Å²) < 4.78 is 51.2. The minimum Gasteiger partial charge on any atom is -0.504 e. The Balaban J connectivity index is 3.67. The Kier molecular flexibility index (Phi) is 2.88. The second-order valence-corrected chi connectivity index (χ2v) is 5.03. The van der Waals surface area contributed by atoms with Crippen LogP contribution >= 0.6 is 0 Å². The number of thiol groups is 1. The predicted octanol–water partition coefficient (Wildman–Crippen LogP) is -0.809. The van der Waals surface area contributed by atoms with E-state index in [9.17, 15) is 21.9 Å². The van der Waals surface area contributed by atoms with Crippen molar-refractivity contribution in [2.75, 3.05) is 5.73 Å². The Labute approximate surface area is 86.9 Å². The summed E-state index contributed by atoms with van der Waals surface area (Å²) in [6.07, 6.45) is 0. The molecule has 9 heteroatoms. The number of nitrogen functional groups attached to an aromatic ring is 1. The molecule has 4 N–H and O–H groups in total. The van der Waals surface area contributed by atoms with Gasteiger partial charge in [-0.1, -0.05) is 0 Å². The molecule has 0 radical (unpaired) electrons. The first-order valence-electron chi connectivity index (χ1n) is 3.48. The van der Waals surface area contributed by atoms with Crippen LogP contribution in [0.15, 0.2) is 21.9 Å². The lowest BCUT2D eigenvalue weighted by molar-refractivity contribution is 0.444. The second-order valence-electron chi connectivity index (χ2n) is 2.61. The number of anilines is 1. The molecule has 0 aliphatic heterocycles. The molecule has 0 saturated carbocycles. The zero-order chi connectivity index (χ0) is 11.8. The number of hydrogen-bond donors (Lipinski definition) is 4. The molecule has 0 amide bonds. The summed E-state index contributed by atoms with van der Waals surface area (Å²) in [5.41, 5.74) is 4.72. The maximum atomic E-state index is 10.7. The summed E-state index contributed by atoms with van der Waals surface area (Å²) in [7, 11) is -7.76. The largest absolute Gasteiger partial charge is 0.504 e. The van der Waals surface area contributed by atoms with Gasteiger partial charge < -0.3 is 10.8 Å².